The number of hydrogen-bond donors (Lipinski definition) is 2. The highest BCUT2D eigenvalue weighted by Crippen LogP contribution is 2.49. The maximum absolute atomic E-state index is 15.7. The summed E-state index contributed by atoms with van der Waals surface area (Å²) in [6.07, 6.45) is 1.52. The molecule has 1 atom stereocenters. The van der Waals surface area contributed by atoms with E-state index in [0.717, 1.165) is 24.2 Å². The van der Waals surface area contributed by atoms with Crippen LogP contribution in [-0.2, 0) is 17.4 Å². The SMILES string of the molecule is Cc1ccc(C(F)(F)COc2ccc(C(F)(F)C(CN=CNN)(N=O)c3ccc(F)cc3F)nc2)cc1. The van der Waals surface area contributed by atoms with Crippen molar-refractivity contribution in [2.24, 2.45) is 16.0 Å². The molecule has 3 aromatic rings. The largest absolute Gasteiger partial charge is 0.485 e. The second kappa shape index (κ2) is 10.9. The Morgan fingerprint density at radius 3 is 2.32 bits per heavy atom. The van der Waals surface area contributed by atoms with Gasteiger partial charge in [0.15, 0.2) is 6.61 Å². The number of hydrogen-bond acceptors (Lipinski definition) is 6. The molecule has 0 radical (unpaired) electrons. The van der Waals surface area contributed by atoms with Crippen LogP contribution in [0, 0.1) is 23.5 Å². The van der Waals surface area contributed by atoms with Gasteiger partial charge in [0, 0.05) is 17.2 Å². The van der Waals surface area contributed by atoms with Gasteiger partial charge in [0.05, 0.1) is 19.1 Å². The number of aliphatic imine (C=N–C) groups is 1. The van der Waals surface area contributed by atoms with Crippen molar-refractivity contribution in [3.8, 4) is 5.75 Å². The summed E-state index contributed by atoms with van der Waals surface area (Å²) in [5, 5.41) is 2.52. The number of halogens is 6. The second-order valence-corrected chi connectivity index (χ2v) is 8.02. The minimum atomic E-state index is -4.30. The quantitative estimate of drug-likeness (QED) is 0.0908. The highest BCUT2D eigenvalue weighted by atomic mass is 19.3. The number of pyridine rings is 1. The molecule has 0 fully saturated rings. The molecule has 37 heavy (non-hydrogen) atoms. The van der Waals surface area contributed by atoms with Crippen LogP contribution in [-0.4, -0.2) is 24.5 Å². The molecule has 1 heterocycles. The molecular formula is C24H21F6N5O2. The number of benzene rings is 2. The fourth-order valence-corrected chi connectivity index (χ4v) is 3.46. The van der Waals surface area contributed by atoms with E-state index in [4.69, 9.17) is 10.6 Å². The van der Waals surface area contributed by atoms with Crippen LogP contribution < -0.4 is 16.0 Å². The first-order chi connectivity index (χ1) is 17.5. The summed E-state index contributed by atoms with van der Waals surface area (Å²) in [5.74, 6) is -5.46. The molecule has 0 spiro atoms. The van der Waals surface area contributed by atoms with E-state index in [2.05, 4.69) is 15.2 Å². The van der Waals surface area contributed by atoms with E-state index in [1.54, 1.807) is 6.92 Å². The molecule has 2 aromatic carbocycles. The monoisotopic (exact) mass is 525 g/mol. The van der Waals surface area contributed by atoms with E-state index < -0.39 is 53.4 Å². The van der Waals surface area contributed by atoms with Crippen LogP contribution in [0.5, 0.6) is 5.75 Å². The number of nitrogens with two attached hydrogens (primary N) is 1. The lowest BCUT2D eigenvalue weighted by atomic mass is 9.82. The highest BCUT2D eigenvalue weighted by molar-refractivity contribution is 5.53. The number of nitroso groups, excluding NO2 is 1. The molecule has 13 heteroatoms. The number of alkyl halides is 4. The Morgan fingerprint density at radius 1 is 1.05 bits per heavy atom. The summed E-state index contributed by atoms with van der Waals surface area (Å²) >= 11 is 0. The molecule has 0 aliphatic heterocycles. The Morgan fingerprint density at radius 2 is 1.76 bits per heavy atom. The molecule has 0 saturated heterocycles. The van der Waals surface area contributed by atoms with Crippen LogP contribution in [0.15, 0.2) is 71.0 Å². The number of nitrogens with one attached hydrogen (secondary N) is 1. The predicted molar refractivity (Wildman–Crippen MR) is 123 cm³/mol. The van der Waals surface area contributed by atoms with Gasteiger partial charge in [0.2, 0.25) is 5.54 Å². The normalized spacial score (nSPS) is 13.8. The Hall–Kier alpha value is -4.00. The van der Waals surface area contributed by atoms with Crippen LogP contribution in [0.3, 0.4) is 0 Å². The van der Waals surface area contributed by atoms with Gasteiger partial charge in [0.1, 0.15) is 23.1 Å². The third kappa shape index (κ3) is 5.71. The zero-order valence-electron chi connectivity index (χ0n) is 19.3. The molecule has 196 valence electrons. The topological polar surface area (TPSA) is 102 Å². The first-order valence-corrected chi connectivity index (χ1v) is 10.6. The number of rotatable bonds is 11. The summed E-state index contributed by atoms with van der Waals surface area (Å²) in [5.41, 5.74) is -2.77. The molecule has 1 aromatic heterocycles. The molecule has 0 bridgehead atoms. The van der Waals surface area contributed by atoms with Gasteiger partial charge >= 0.3 is 11.8 Å². The Bertz CT molecular complexity index is 1260. The number of aromatic nitrogens is 1. The van der Waals surface area contributed by atoms with Crippen molar-refractivity contribution in [3.63, 3.8) is 0 Å². The van der Waals surface area contributed by atoms with Crippen LogP contribution in [0.25, 0.3) is 0 Å². The van der Waals surface area contributed by atoms with Crippen LogP contribution >= 0.6 is 0 Å². The van der Waals surface area contributed by atoms with E-state index >= 15 is 8.78 Å². The van der Waals surface area contributed by atoms with Crippen LogP contribution in [0.2, 0.25) is 0 Å². The van der Waals surface area contributed by atoms with Gasteiger partial charge in [-0.2, -0.15) is 17.6 Å². The molecule has 7 nitrogen and oxygen atoms in total. The standard InChI is InChI=1S/C24H21F6N5O2/c1-15-2-4-16(5-3-15)23(27,28)13-37-18-7-9-21(33-11-18)24(29,30)22(35-36,12-32-14-34-31)19-8-6-17(25)10-20(19)26/h2-11,14H,12-13,31H2,1H3,(H,32,34). The van der Waals surface area contributed by atoms with Crippen molar-refractivity contribution in [2.75, 3.05) is 13.2 Å². The molecule has 1 unspecified atom stereocenters. The molecule has 0 aliphatic rings. The van der Waals surface area contributed by atoms with Crippen molar-refractivity contribution in [1.29, 1.82) is 0 Å². The first kappa shape index (κ1) is 27.6. The molecule has 0 amide bonds. The van der Waals surface area contributed by atoms with Gasteiger partial charge in [0.25, 0.3) is 0 Å². The number of ether oxygens (including phenoxy) is 1. The number of aryl methyl sites for hydroxylation is 1. The van der Waals surface area contributed by atoms with Crippen LogP contribution in [0.1, 0.15) is 22.4 Å². The van der Waals surface area contributed by atoms with Crippen LogP contribution in [0.4, 0.5) is 26.3 Å². The minimum Gasteiger partial charge on any atom is -0.485 e. The van der Waals surface area contributed by atoms with E-state index in [1.165, 1.54) is 24.3 Å². The van der Waals surface area contributed by atoms with E-state index in [9.17, 15) is 22.5 Å². The summed E-state index contributed by atoms with van der Waals surface area (Å²) < 4.78 is 93.4. The van der Waals surface area contributed by atoms with Gasteiger partial charge in [-0.3, -0.25) is 9.98 Å². The molecule has 0 saturated carbocycles. The Labute approximate surface area is 207 Å². The second-order valence-electron chi connectivity index (χ2n) is 8.02. The van der Waals surface area contributed by atoms with Gasteiger partial charge in [-0.25, -0.2) is 14.6 Å². The third-order valence-electron chi connectivity index (χ3n) is 5.49. The van der Waals surface area contributed by atoms with E-state index in [1.807, 2.05) is 5.43 Å². The molecule has 3 N–H and O–H groups in total. The van der Waals surface area contributed by atoms with Crippen molar-refractivity contribution in [3.05, 3.63) is 99.7 Å². The summed E-state index contributed by atoms with van der Waals surface area (Å²) in [7, 11) is 0. The number of hydrazine groups is 1. The maximum Gasteiger partial charge on any atom is 0.323 e. The predicted octanol–water partition coefficient (Wildman–Crippen LogP) is 5.08. The smallest absolute Gasteiger partial charge is 0.323 e. The van der Waals surface area contributed by atoms with E-state index in [0.29, 0.717) is 24.3 Å². The lowest BCUT2D eigenvalue weighted by Crippen LogP contribution is -2.45. The lowest BCUT2D eigenvalue weighted by molar-refractivity contribution is -0.0861. The number of nitrogens with zero attached hydrogens (tertiary/aromatic N) is 3. The van der Waals surface area contributed by atoms with Gasteiger partial charge < -0.3 is 10.2 Å². The molecular weight excluding hydrogens is 504 g/mol. The van der Waals surface area contributed by atoms with E-state index in [-0.39, 0.29) is 11.3 Å². The lowest BCUT2D eigenvalue weighted by Gasteiger charge is -2.33. The van der Waals surface area contributed by atoms with Gasteiger partial charge in [-0.1, -0.05) is 35.9 Å². The fraction of sp³-hybridized carbons (Fsp3) is 0.250. The maximum atomic E-state index is 15.7. The van der Waals surface area contributed by atoms with Crippen molar-refractivity contribution >= 4 is 6.34 Å². The highest BCUT2D eigenvalue weighted by Gasteiger charge is 2.60. The van der Waals surface area contributed by atoms with Gasteiger partial charge in [-0.15, -0.1) is 4.91 Å². The summed E-state index contributed by atoms with van der Waals surface area (Å²) in [6, 6.07) is 8.78. The first-order valence-electron chi connectivity index (χ1n) is 10.6. The Kier molecular flexibility index (Phi) is 8.16. The zero-order valence-corrected chi connectivity index (χ0v) is 19.3. The van der Waals surface area contributed by atoms with Gasteiger partial charge in [-0.05, 0) is 30.3 Å². The average Bonchev–Trinajstić information content (AvgIpc) is 2.86. The average molecular weight is 525 g/mol. The Balaban J connectivity index is 1.91. The molecule has 3 rings (SSSR count). The van der Waals surface area contributed by atoms with Crippen molar-refractivity contribution < 1.29 is 31.1 Å². The fourth-order valence-electron chi connectivity index (χ4n) is 3.46. The van der Waals surface area contributed by atoms with Crippen molar-refractivity contribution in [2.45, 2.75) is 24.3 Å². The molecule has 0 aliphatic carbocycles. The minimum absolute atomic E-state index is 0.269. The summed E-state index contributed by atoms with van der Waals surface area (Å²) in [6.45, 7) is -0.462. The zero-order chi connectivity index (χ0) is 27.3. The third-order valence-corrected chi connectivity index (χ3v) is 5.49. The van der Waals surface area contributed by atoms with Crippen molar-refractivity contribution in [1.82, 2.24) is 10.4 Å². The summed E-state index contributed by atoms with van der Waals surface area (Å²) in [4.78, 5) is 18.9.